The molecule has 1 aliphatic carbocycles. The zero-order valence-electron chi connectivity index (χ0n) is 18.9. The van der Waals surface area contributed by atoms with Crippen LogP contribution in [-0.4, -0.2) is 30.8 Å². The van der Waals surface area contributed by atoms with E-state index in [9.17, 15) is 9.90 Å². The Bertz CT molecular complexity index is 1590. The number of nitrogens with zero attached hydrogens (tertiary/aromatic N) is 4. The van der Waals surface area contributed by atoms with Crippen LogP contribution in [0.25, 0.3) is 39.5 Å². The van der Waals surface area contributed by atoms with E-state index in [1.807, 2.05) is 83.8 Å². The maximum absolute atomic E-state index is 12.3. The number of aromatic carboxylic acids is 1. The quantitative estimate of drug-likeness (QED) is 0.354. The van der Waals surface area contributed by atoms with Crippen LogP contribution >= 0.6 is 0 Å². The summed E-state index contributed by atoms with van der Waals surface area (Å²) < 4.78 is 1.87. The predicted octanol–water partition coefficient (Wildman–Crippen LogP) is 6.06. The van der Waals surface area contributed by atoms with Crippen molar-refractivity contribution in [1.82, 2.24) is 19.7 Å². The zero-order chi connectivity index (χ0) is 23.8. The van der Waals surface area contributed by atoms with Gasteiger partial charge in [0.2, 0.25) is 0 Å². The molecule has 2 aromatic carbocycles. The third-order valence-corrected chi connectivity index (χ3v) is 6.41. The number of carboxylic acid groups (broad SMARTS) is 1. The summed E-state index contributed by atoms with van der Waals surface area (Å²) in [4.78, 5) is 21.5. The van der Waals surface area contributed by atoms with Crippen LogP contribution in [0.15, 0.2) is 85.3 Å². The van der Waals surface area contributed by atoms with Crippen molar-refractivity contribution < 1.29 is 9.90 Å². The average molecular weight is 459 g/mol. The minimum absolute atomic E-state index is 0.365. The molecule has 0 amide bonds. The number of rotatable bonds is 4. The number of carboxylic acids is 1. The summed E-state index contributed by atoms with van der Waals surface area (Å²) in [5.41, 5.74) is 7.32. The fourth-order valence-electron chi connectivity index (χ4n) is 4.84. The highest BCUT2D eigenvalue weighted by Crippen LogP contribution is 2.37. The molecule has 0 fully saturated rings. The lowest BCUT2D eigenvalue weighted by atomic mass is 9.86. The van der Waals surface area contributed by atoms with Gasteiger partial charge in [-0.05, 0) is 66.8 Å². The van der Waals surface area contributed by atoms with Crippen molar-refractivity contribution in [3.63, 3.8) is 0 Å². The standard InChI is InChI=1S/C29H22N4O2/c34-29(35)26-23-12-4-5-14-25(23)31-28-19(8-6-13-24(26)28)16-21-18-33(22-10-2-1-3-11-22)32-27(21)20-9-7-15-30-17-20/h1-5,7,9-12,14-18H,6,8,13H2,(H,34,35)/b19-16+. The van der Waals surface area contributed by atoms with E-state index in [1.54, 1.807) is 6.20 Å². The Morgan fingerprint density at radius 2 is 1.77 bits per heavy atom. The number of pyridine rings is 2. The molecule has 0 bridgehead atoms. The van der Waals surface area contributed by atoms with Crippen LogP contribution in [-0.2, 0) is 6.42 Å². The summed E-state index contributed by atoms with van der Waals surface area (Å²) in [6, 6.07) is 21.3. The number of hydrogen-bond acceptors (Lipinski definition) is 4. The predicted molar refractivity (Wildman–Crippen MR) is 136 cm³/mol. The molecule has 0 aliphatic heterocycles. The van der Waals surface area contributed by atoms with Crippen LogP contribution in [0.2, 0.25) is 0 Å². The molecule has 0 saturated heterocycles. The van der Waals surface area contributed by atoms with Crippen molar-refractivity contribution >= 4 is 28.5 Å². The van der Waals surface area contributed by atoms with Crippen LogP contribution in [0.1, 0.15) is 40.0 Å². The molecule has 0 atom stereocenters. The van der Waals surface area contributed by atoms with Crippen LogP contribution < -0.4 is 0 Å². The van der Waals surface area contributed by atoms with E-state index in [1.165, 1.54) is 0 Å². The number of allylic oxidation sites excluding steroid dienone is 1. The summed E-state index contributed by atoms with van der Waals surface area (Å²) in [6.45, 7) is 0. The third kappa shape index (κ3) is 3.79. The molecule has 0 saturated carbocycles. The summed E-state index contributed by atoms with van der Waals surface area (Å²) in [5.74, 6) is -0.908. The molecule has 170 valence electrons. The number of fused-ring (bicyclic) bond motifs is 2. The Balaban J connectivity index is 1.56. The van der Waals surface area contributed by atoms with Crippen molar-refractivity contribution in [3.05, 3.63) is 108 Å². The van der Waals surface area contributed by atoms with Gasteiger partial charge in [0.1, 0.15) is 5.69 Å². The minimum atomic E-state index is -0.908. The summed E-state index contributed by atoms with van der Waals surface area (Å²) in [7, 11) is 0. The average Bonchev–Trinajstić information content (AvgIpc) is 3.32. The smallest absolute Gasteiger partial charge is 0.336 e. The molecule has 5 aromatic rings. The van der Waals surface area contributed by atoms with E-state index in [-0.39, 0.29) is 0 Å². The topological polar surface area (TPSA) is 80.9 Å². The molecular weight excluding hydrogens is 436 g/mol. The summed E-state index contributed by atoms with van der Waals surface area (Å²) in [5, 5.41) is 15.6. The lowest BCUT2D eigenvalue weighted by Gasteiger charge is -2.21. The van der Waals surface area contributed by atoms with Gasteiger partial charge in [0, 0.05) is 35.1 Å². The Kier molecular flexibility index (Phi) is 5.19. The first-order chi connectivity index (χ1) is 17.2. The van der Waals surface area contributed by atoms with Gasteiger partial charge >= 0.3 is 5.97 Å². The Hall–Kier alpha value is -4.58. The molecule has 0 radical (unpaired) electrons. The van der Waals surface area contributed by atoms with E-state index in [4.69, 9.17) is 10.1 Å². The van der Waals surface area contributed by atoms with E-state index < -0.39 is 5.97 Å². The maximum Gasteiger partial charge on any atom is 0.336 e. The number of aromatic nitrogens is 4. The second-order valence-electron chi connectivity index (χ2n) is 8.61. The first-order valence-electron chi connectivity index (χ1n) is 11.6. The highest BCUT2D eigenvalue weighted by Gasteiger charge is 2.25. The van der Waals surface area contributed by atoms with Crippen molar-refractivity contribution in [2.75, 3.05) is 0 Å². The van der Waals surface area contributed by atoms with Gasteiger partial charge in [-0.3, -0.25) is 4.98 Å². The largest absolute Gasteiger partial charge is 0.478 e. The summed E-state index contributed by atoms with van der Waals surface area (Å²) in [6.07, 6.45) is 10.1. The Morgan fingerprint density at radius 1 is 0.943 bits per heavy atom. The minimum Gasteiger partial charge on any atom is -0.478 e. The number of carbonyl (C=O) groups is 1. The fourth-order valence-corrected chi connectivity index (χ4v) is 4.84. The first-order valence-corrected chi connectivity index (χ1v) is 11.6. The van der Waals surface area contributed by atoms with Gasteiger partial charge in [-0.2, -0.15) is 5.10 Å². The second-order valence-corrected chi connectivity index (χ2v) is 8.61. The lowest BCUT2D eigenvalue weighted by Crippen LogP contribution is -2.13. The van der Waals surface area contributed by atoms with Crippen LogP contribution in [0.3, 0.4) is 0 Å². The SMILES string of the molecule is O=C(O)c1c2c(nc3ccccc13)/C(=C/c1cn(-c3ccccc3)nc1-c1cccnc1)CCC2. The normalized spacial score (nSPS) is 14.2. The van der Waals surface area contributed by atoms with Crippen molar-refractivity contribution in [3.8, 4) is 16.9 Å². The zero-order valence-corrected chi connectivity index (χ0v) is 18.9. The highest BCUT2D eigenvalue weighted by molar-refractivity contribution is 6.06. The monoisotopic (exact) mass is 458 g/mol. The van der Waals surface area contributed by atoms with E-state index >= 15 is 0 Å². The van der Waals surface area contributed by atoms with Crippen LogP contribution in [0.5, 0.6) is 0 Å². The lowest BCUT2D eigenvalue weighted by molar-refractivity contribution is 0.0697. The van der Waals surface area contributed by atoms with Crippen LogP contribution in [0, 0.1) is 0 Å². The van der Waals surface area contributed by atoms with Gasteiger partial charge in [0.15, 0.2) is 0 Å². The molecule has 6 heteroatoms. The third-order valence-electron chi connectivity index (χ3n) is 6.41. The maximum atomic E-state index is 12.3. The molecule has 3 aromatic heterocycles. The second kappa shape index (κ2) is 8.65. The van der Waals surface area contributed by atoms with E-state index in [0.29, 0.717) is 22.9 Å². The van der Waals surface area contributed by atoms with Gasteiger partial charge in [0.05, 0.1) is 22.5 Å². The highest BCUT2D eigenvalue weighted by atomic mass is 16.4. The molecule has 35 heavy (non-hydrogen) atoms. The molecule has 0 spiro atoms. The Morgan fingerprint density at radius 3 is 2.57 bits per heavy atom. The number of hydrogen-bond donors (Lipinski definition) is 1. The van der Waals surface area contributed by atoms with E-state index in [2.05, 4.69) is 11.1 Å². The summed E-state index contributed by atoms with van der Waals surface area (Å²) >= 11 is 0. The van der Waals surface area contributed by atoms with Gasteiger partial charge < -0.3 is 5.11 Å². The molecular formula is C29H22N4O2. The van der Waals surface area contributed by atoms with Gasteiger partial charge in [0.25, 0.3) is 0 Å². The fraction of sp³-hybridized carbons (Fsp3) is 0.103. The van der Waals surface area contributed by atoms with Crippen molar-refractivity contribution in [2.24, 2.45) is 0 Å². The van der Waals surface area contributed by atoms with Gasteiger partial charge in [-0.25, -0.2) is 14.5 Å². The molecule has 1 aliphatic rings. The van der Waals surface area contributed by atoms with Crippen molar-refractivity contribution in [1.29, 1.82) is 0 Å². The molecule has 6 rings (SSSR count). The molecule has 6 nitrogen and oxygen atoms in total. The number of benzene rings is 2. The van der Waals surface area contributed by atoms with Gasteiger partial charge in [-0.1, -0.05) is 36.4 Å². The van der Waals surface area contributed by atoms with Gasteiger partial charge in [-0.15, -0.1) is 0 Å². The Labute approximate surface area is 202 Å². The molecule has 3 heterocycles. The van der Waals surface area contributed by atoms with E-state index in [0.717, 1.165) is 52.2 Å². The molecule has 1 N–H and O–H groups in total. The number of para-hydroxylation sites is 2. The van der Waals surface area contributed by atoms with Crippen LogP contribution in [0.4, 0.5) is 0 Å². The first kappa shape index (κ1) is 21.0. The molecule has 0 unspecified atom stereocenters. The van der Waals surface area contributed by atoms with Crippen molar-refractivity contribution in [2.45, 2.75) is 19.3 Å².